The molecule has 2 aliphatic heterocycles. The standard InChI is InChI=1S/C18H25Cl2N3O3S/c1-4-12(2)16-17(24)22(3)18(21-16)8-10-23(11-9-18)27(25,26)14-7-5-6-13(19)15(14)20/h5-7,12,16,21H,4,8-11H2,1-3H3/t12-,16+/m1/s1. The quantitative estimate of drug-likeness (QED) is 0.791. The number of sulfonamides is 1. The van der Waals surface area contributed by atoms with Crippen LogP contribution in [0.25, 0.3) is 0 Å². The molecule has 2 fully saturated rings. The van der Waals surface area contributed by atoms with Crippen molar-refractivity contribution in [1.82, 2.24) is 14.5 Å². The van der Waals surface area contributed by atoms with Crippen LogP contribution in [0.2, 0.25) is 10.0 Å². The first-order valence-corrected chi connectivity index (χ1v) is 11.3. The SMILES string of the molecule is CC[C@@H](C)[C@@H]1NC2(CCN(S(=O)(=O)c3cccc(Cl)c3Cl)CC2)N(C)C1=O. The van der Waals surface area contributed by atoms with Gasteiger partial charge in [-0.05, 0) is 30.9 Å². The highest BCUT2D eigenvalue weighted by Gasteiger charge is 2.51. The first-order valence-electron chi connectivity index (χ1n) is 9.13. The fourth-order valence-corrected chi connectivity index (χ4v) is 6.06. The Kier molecular flexibility index (Phi) is 5.81. The van der Waals surface area contributed by atoms with Crippen molar-refractivity contribution in [3.8, 4) is 0 Å². The minimum absolute atomic E-state index is 0.0221. The summed E-state index contributed by atoms with van der Waals surface area (Å²) in [6.45, 7) is 4.74. The van der Waals surface area contributed by atoms with E-state index >= 15 is 0 Å². The van der Waals surface area contributed by atoms with E-state index in [0.29, 0.717) is 25.9 Å². The normalized spacial score (nSPS) is 24.6. The number of hydrogen-bond donors (Lipinski definition) is 1. The molecule has 2 saturated heterocycles. The lowest BCUT2D eigenvalue weighted by Crippen LogP contribution is -2.58. The molecule has 6 nitrogen and oxygen atoms in total. The fraction of sp³-hybridized carbons (Fsp3) is 0.611. The number of benzene rings is 1. The third kappa shape index (κ3) is 3.49. The van der Waals surface area contributed by atoms with Crippen LogP contribution in [0.3, 0.4) is 0 Å². The van der Waals surface area contributed by atoms with E-state index in [2.05, 4.69) is 19.2 Å². The average Bonchev–Trinajstić information content (AvgIpc) is 2.89. The van der Waals surface area contributed by atoms with Crippen LogP contribution in [-0.4, -0.2) is 55.4 Å². The predicted octanol–water partition coefficient (Wildman–Crippen LogP) is 2.95. The van der Waals surface area contributed by atoms with Gasteiger partial charge >= 0.3 is 0 Å². The maximum atomic E-state index is 13.0. The summed E-state index contributed by atoms with van der Waals surface area (Å²) in [5.41, 5.74) is -0.491. The summed E-state index contributed by atoms with van der Waals surface area (Å²) in [5, 5.41) is 3.75. The molecule has 9 heteroatoms. The number of piperidine rings is 1. The lowest BCUT2D eigenvalue weighted by Gasteiger charge is -2.42. The lowest BCUT2D eigenvalue weighted by atomic mass is 9.96. The molecule has 0 bridgehead atoms. The Balaban J connectivity index is 1.79. The molecule has 0 unspecified atom stereocenters. The van der Waals surface area contributed by atoms with Gasteiger partial charge in [-0.25, -0.2) is 8.42 Å². The number of carbonyl (C=O) groups is 1. The van der Waals surface area contributed by atoms with E-state index in [9.17, 15) is 13.2 Å². The van der Waals surface area contributed by atoms with Gasteiger partial charge in [0.1, 0.15) is 4.90 Å². The number of likely N-dealkylation sites (N-methyl/N-ethyl adjacent to an activating group) is 1. The highest BCUT2D eigenvalue weighted by atomic mass is 35.5. The van der Waals surface area contributed by atoms with Crippen molar-refractivity contribution in [2.24, 2.45) is 5.92 Å². The Labute approximate surface area is 170 Å². The van der Waals surface area contributed by atoms with E-state index in [0.717, 1.165) is 6.42 Å². The van der Waals surface area contributed by atoms with Gasteiger partial charge in [-0.3, -0.25) is 10.1 Å². The smallest absolute Gasteiger partial charge is 0.244 e. The van der Waals surface area contributed by atoms with Crippen LogP contribution in [0, 0.1) is 5.92 Å². The first-order chi connectivity index (χ1) is 12.6. The molecule has 150 valence electrons. The summed E-state index contributed by atoms with van der Waals surface area (Å²) in [5.74, 6) is 0.310. The predicted molar refractivity (Wildman–Crippen MR) is 106 cm³/mol. The van der Waals surface area contributed by atoms with Gasteiger partial charge in [0.25, 0.3) is 0 Å². The minimum atomic E-state index is -3.74. The van der Waals surface area contributed by atoms with Crippen molar-refractivity contribution in [3.05, 3.63) is 28.2 Å². The van der Waals surface area contributed by atoms with Gasteiger partial charge in [0.15, 0.2) is 0 Å². The summed E-state index contributed by atoms with van der Waals surface area (Å²) < 4.78 is 27.4. The van der Waals surface area contributed by atoms with Crippen LogP contribution in [0.5, 0.6) is 0 Å². The van der Waals surface area contributed by atoms with Gasteiger partial charge in [0, 0.05) is 20.1 Å². The molecule has 1 aromatic rings. The topological polar surface area (TPSA) is 69.7 Å². The summed E-state index contributed by atoms with van der Waals surface area (Å²) >= 11 is 12.1. The van der Waals surface area contributed by atoms with E-state index in [4.69, 9.17) is 23.2 Å². The highest BCUT2D eigenvalue weighted by molar-refractivity contribution is 7.89. The lowest BCUT2D eigenvalue weighted by molar-refractivity contribution is -0.132. The zero-order valence-electron chi connectivity index (χ0n) is 15.7. The van der Waals surface area contributed by atoms with Crippen molar-refractivity contribution >= 4 is 39.1 Å². The molecular weight excluding hydrogens is 409 g/mol. The highest BCUT2D eigenvalue weighted by Crippen LogP contribution is 2.37. The number of halogens is 2. The number of hydrogen-bond acceptors (Lipinski definition) is 4. The number of nitrogens with one attached hydrogen (secondary N) is 1. The van der Waals surface area contributed by atoms with Gasteiger partial charge in [0.2, 0.25) is 15.9 Å². The van der Waals surface area contributed by atoms with Crippen molar-refractivity contribution in [3.63, 3.8) is 0 Å². The molecule has 0 radical (unpaired) electrons. The van der Waals surface area contributed by atoms with E-state index in [-0.39, 0.29) is 32.8 Å². The number of carbonyl (C=O) groups excluding carboxylic acids is 1. The third-order valence-corrected chi connectivity index (χ3v) is 8.83. The van der Waals surface area contributed by atoms with Crippen molar-refractivity contribution < 1.29 is 13.2 Å². The van der Waals surface area contributed by atoms with Gasteiger partial charge in [-0.2, -0.15) is 4.31 Å². The van der Waals surface area contributed by atoms with E-state index in [1.54, 1.807) is 24.1 Å². The maximum Gasteiger partial charge on any atom is 0.244 e. The molecule has 0 aromatic heterocycles. The third-order valence-electron chi connectivity index (χ3n) is 5.96. The molecular formula is C18H25Cl2N3O3S. The van der Waals surface area contributed by atoms with Gasteiger partial charge < -0.3 is 4.90 Å². The van der Waals surface area contributed by atoms with Crippen molar-refractivity contribution in [2.45, 2.75) is 49.7 Å². The van der Waals surface area contributed by atoms with Crippen molar-refractivity contribution in [1.29, 1.82) is 0 Å². The largest absolute Gasteiger partial charge is 0.326 e. The Hall–Kier alpha value is -0.860. The molecule has 1 aromatic carbocycles. The zero-order chi connectivity index (χ0) is 20.0. The Morgan fingerprint density at radius 2 is 1.93 bits per heavy atom. The Morgan fingerprint density at radius 3 is 2.52 bits per heavy atom. The van der Waals surface area contributed by atoms with E-state index in [1.165, 1.54) is 10.4 Å². The van der Waals surface area contributed by atoms with Crippen LogP contribution in [0.1, 0.15) is 33.1 Å². The zero-order valence-corrected chi connectivity index (χ0v) is 18.0. The molecule has 1 amide bonds. The second-order valence-electron chi connectivity index (χ2n) is 7.39. The van der Waals surface area contributed by atoms with Gasteiger partial charge in [0.05, 0.1) is 21.7 Å². The Morgan fingerprint density at radius 1 is 1.30 bits per heavy atom. The van der Waals surface area contributed by atoms with Crippen LogP contribution < -0.4 is 5.32 Å². The number of amides is 1. The summed E-state index contributed by atoms with van der Waals surface area (Å²) in [4.78, 5) is 14.4. The molecule has 0 aliphatic carbocycles. The molecule has 1 spiro atoms. The molecule has 2 atom stereocenters. The second-order valence-corrected chi connectivity index (χ2v) is 10.1. The fourth-order valence-electron chi connectivity index (χ4n) is 3.89. The maximum absolute atomic E-state index is 13.0. The Bertz CT molecular complexity index is 838. The molecule has 27 heavy (non-hydrogen) atoms. The number of rotatable bonds is 4. The second kappa shape index (κ2) is 7.52. The van der Waals surface area contributed by atoms with Gasteiger partial charge in [-0.1, -0.05) is 49.5 Å². The molecule has 2 heterocycles. The van der Waals surface area contributed by atoms with Crippen LogP contribution in [0.15, 0.2) is 23.1 Å². The molecule has 3 rings (SSSR count). The molecule has 0 saturated carbocycles. The van der Waals surface area contributed by atoms with Crippen molar-refractivity contribution in [2.75, 3.05) is 20.1 Å². The molecule has 2 aliphatic rings. The summed E-state index contributed by atoms with van der Waals surface area (Å²) in [7, 11) is -1.94. The van der Waals surface area contributed by atoms with Crippen LogP contribution in [-0.2, 0) is 14.8 Å². The van der Waals surface area contributed by atoms with Crippen LogP contribution >= 0.6 is 23.2 Å². The average molecular weight is 434 g/mol. The van der Waals surface area contributed by atoms with Crippen LogP contribution in [0.4, 0.5) is 0 Å². The van der Waals surface area contributed by atoms with E-state index < -0.39 is 15.7 Å². The number of nitrogens with zero attached hydrogens (tertiary/aromatic N) is 2. The van der Waals surface area contributed by atoms with E-state index in [1.807, 2.05) is 0 Å². The summed E-state index contributed by atoms with van der Waals surface area (Å²) in [6, 6.07) is 4.39. The summed E-state index contributed by atoms with van der Waals surface area (Å²) in [6.07, 6.45) is 1.96. The first kappa shape index (κ1) is 20.9. The minimum Gasteiger partial charge on any atom is -0.326 e. The molecule has 1 N–H and O–H groups in total. The monoisotopic (exact) mass is 433 g/mol. The van der Waals surface area contributed by atoms with Gasteiger partial charge in [-0.15, -0.1) is 0 Å².